The molecule has 0 saturated heterocycles. The molecule has 0 aliphatic heterocycles. The SMILES string of the molecule is CCCCn1c(=O)[nH]c(=O)c2c1nc(CCC(=O)N(C)[C@H](C)C#N)n2CC(C)C. The lowest BCUT2D eigenvalue weighted by Gasteiger charge is -2.19. The van der Waals surface area contributed by atoms with Gasteiger partial charge in [0, 0.05) is 33.0 Å². The molecule has 1 atom stereocenters. The van der Waals surface area contributed by atoms with Crippen LogP contribution in [0.4, 0.5) is 0 Å². The number of unbranched alkanes of at least 4 members (excludes halogenated alkanes) is 1. The maximum Gasteiger partial charge on any atom is 0.330 e. The third-order valence-electron chi connectivity index (χ3n) is 4.97. The summed E-state index contributed by atoms with van der Waals surface area (Å²) >= 11 is 0. The quantitative estimate of drug-likeness (QED) is 0.684. The number of hydrogen-bond donors (Lipinski definition) is 1. The first-order valence-electron chi connectivity index (χ1n) is 10.1. The summed E-state index contributed by atoms with van der Waals surface area (Å²) in [6.45, 7) is 8.79. The maximum atomic E-state index is 12.6. The van der Waals surface area contributed by atoms with Gasteiger partial charge < -0.3 is 9.47 Å². The number of carbonyl (C=O) groups is 1. The average molecular weight is 402 g/mol. The molecule has 9 heteroatoms. The fourth-order valence-electron chi connectivity index (χ4n) is 3.19. The summed E-state index contributed by atoms with van der Waals surface area (Å²) in [5, 5.41) is 9.00. The van der Waals surface area contributed by atoms with Crippen LogP contribution in [-0.2, 0) is 24.3 Å². The predicted molar refractivity (Wildman–Crippen MR) is 111 cm³/mol. The van der Waals surface area contributed by atoms with Crippen LogP contribution in [0.3, 0.4) is 0 Å². The fraction of sp³-hybridized carbons (Fsp3) is 0.650. The van der Waals surface area contributed by atoms with E-state index >= 15 is 0 Å². The van der Waals surface area contributed by atoms with Crippen molar-refractivity contribution in [3.05, 3.63) is 26.7 Å². The van der Waals surface area contributed by atoms with E-state index in [-0.39, 0.29) is 18.2 Å². The number of nitrogens with one attached hydrogen (secondary N) is 1. The number of amides is 1. The zero-order valence-corrected chi connectivity index (χ0v) is 17.9. The normalized spacial score (nSPS) is 12.3. The summed E-state index contributed by atoms with van der Waals surface area (Å²) in [5.74, 6) is 0.680. The van der Waals surface area contributed by atoms with Crippen LogP contribution in [0.15, 0.2) is 9.59 Å². The number of carbonyl (C=O) groups excluding carboxylic acids is 1. The molecule has 0 aromatic carbocycles. The smallest absolute Gasteiger partial charge is 0.330 e. The predicted octanol–water partition coefficient (Wildman–Crippen LogP) is 1.65. The van der Waals surface area contributed by atoms with Crippen LogP contribution in [0, 0.1) is 17.2 Å². The minimum atomic E-state index is -0.515. The van der Waals surface area contributed by atoms with Crippen molar-refractivity contribution < 1.29 is 4.79 Å². The molecule has 2 heterocycles. The van der Waals surface area contributed by atoms with E-state index in [9.17, 15) is 14.4 Å². The van der Waals surface area contributed by atoms with Crippen molar-refractivity contribution in [2.75, 3.05) is 7.05 Å². The van der Waals surface area contributed by atoms with Gasteiger partial charge in [-0.15, -0.1) is 0 Å². The molecule has 9 nitrogen and oxygen atoms in total. The summed E-state index contributed by atoms with van der Waals surface area (Å²) in [5.41, 5.74) is -0.182. The number of nitriles is 1. The van der Waals surface area contributed by atoms with Crippen molar-refractivity contribution in [3.63, 3.8) is 0 Å². The van der Waals surface area contributed by atoms with Gasteiger partial charge in [0.2, 0.25) is 5.91 Å². The highest BCUT2D eigenvalue weighted by Crippen LogP contribution is 2.16. The lowest BCUT2D eigenvalue weighted by Crippen LogP contribution is -2.34. The van der Waals surface area contributed by atoms with E-state index in [1.807, 2.05) is 31.4 Å². The molecule has 29 heavy (non-hydrogen) atoms. The van der Waals surface area contributed by atoms with Gasteiger partial charge in [0.05, 0.1) is 6.07 Å². The number of fused-ring (bicyclic) bond motifs is 1. The summed E-state index contributed by atoms with van der Waals surface area (Å²) in [7, 11) is 1.60. The van der Waals surface area contributed by atoms with Crippen molar-refractivity contribution in [3.8, 4) is 6.07 Å². The minimum absolute atomic E-state index is 0.167. The molecule has 0 spiro atoms. The van der Waals surface area contributed by atoms with Gasteiger partial charge in [0.25, 0.3) is 5.56 Å². The Kier molecular flexibility index (Phi) is 7.37. The molecule has 0 fully saturated rings. The van der Waals surface area contributed by atoms with E-state index in [0.717, 1.165) is 12.8 Å². The second-order valence-corrected chi connectivity index (χ2v) is 7.78. The summed E-state index contributed by atoms with van der Waals surface area (Å²) in [6.07, 6.45) is 2.19. The van der Waals surface area contributed by atoms with Crippen LogP contribution >= 0.6 is 0 Å². The van der Waals surface area contributed by atoms with E-state index in [1.54, 1.807) is 14.0 Å². The minimum Gasteiger partial charge on any atom is -0.330 e. The van der Waals surface area contributed by atoms with Crippen LogP contribution in [0.5, 0.6) is 0 Å². The lowest BCUT2D eigenvalue weighted by atomic mass is 10.2. The van der Waals surface area contributed by atoms with Crippen LogP contribution in [0.25, 0.3) is 11.2 Å². The number of imidazole rings is 1. The molecule has 0 aliphatic rings. The second kappa shape index (κ2) is 9.54. The van der Waals surface area contributed by atoms with Crippen molar-refractivity contribution in [2.24, 2.45) is 5.92 Å². The Morgan fingerprint density at radius 1 is 1.28 bits per heavy atom. The highest BCUT2D eigenvalue weighted by atomic mass is 16.2. The molecule has 2 rings (SSSR count). The van der Waals surface area contributed by atoms with Crippen molar-refractivity contribution in [1.29, 1.82) is 5.26 Å². The van der Waals surface area contributed by atoms with Gasteiger partial charge in [-0.25, -0.2) is 9.78 Å². The van der Waals surface area contributed by atoms with Crippen LogP contribution in [-0.4, -0.2) is 43.0 Å². The molecule has 0 unspecified atom stereocenters. The van der Waals surface area contributed by atoms with Gasteiger partial charge in [-0.2, -0.15) is 5.26 Å². The first-order valence-corrected chi connectivity index (χ1v) is 10.1. The molecular formula is C20H30N6O3. The van der Waals surface area contributed by atoms with Gasteiger partial charge >= 0.3 is 5.69 Å². The second-order valence-electron chi connectivity index (χ2n) is 7.78. The average Bonchev–Trinajstić information content (AvgIpc) is 3.02. The Morgan fingerprint density at radius 2 is 1.97 bits per heavy atom. The Bertz CT molecular complexity index is 1020. The molecule has 158 valence electrons. The Labute approximate surface area is 170 Å². The standard InChI is InChI=1S/C20H30N6O3/c1-6-7-10-25-18-17(19(28)23-20(25)29)26(12-13(2)3)15(22-18)8-9-16(27)24(5)14(4)11-21/h13-14H,6-10,12H2,1-5H3,(H,23,28,29)/t14-/m1/s1. The third-order valence-corrected chi connectivity index (χ3v) is 4.97. The zero-order valence-electron chi connectivity index (χ0n) is 17.9. The first kappa shape index (κ1) is 22.4. The van der Waals surface area contributed by atoms with Gasteiger partial charge in [-0.3, -0.25) is 19.1 Å². The van der Waals surface area contributed by atoms with Gasteiger partial charge in [-0.05, 0) is 19.3 Å². The van der Waals surface area contributed by atoms with E-state index in [2.05, 4.69) is 9.97 Å². The summed E-state index contributed by atoms with van der Waals surface area (Å²) in [4.78, 5) is 45.7. The van der Waals surface area contributed by atoms with E-state index < -0.39 is 17.3 Å². The molecule has 0 radical (unpaired) electrons. The largest absolute Gasteiger partial charge is 0.330 e. The summed E-state index contributed by atoms with van der Waals surface area (Å²) < 4.78 is 3.33. The fourth-order valence-corrected chi connectivity index (χ4v) is 3.19. The summed E-state index contributed by atoms with van der Waals surface area (Å²) in [6, 6.07) is 1.53. The third kappa shape index (κ3) is 4.94. The van der Waals surface area contributed by atoms with Crippen molar-refractivity contribution >= 4 is 17.1 Å². The number of H-pyrrole nitrogens is 1. The maximum absolute atomic E-state index is 12.6. The van der Waals surface area contributed by atoms with E-state index in [4.69, 9.17) is 5.26 Å². The zero-order chi connectivity index (χ0) is 21.7. The van der Waals surface area contributed by atoms with Crippen LogP contribution in [0.1, 0.15) is 52.8 Å². The number of aromatic amines is 1. The van der Waals surface area contributed by atoms with Gasteiger partial charge in [-0.1, -0.05) is 27.2 Å². The molecular weight excluding hydrogens is 372 g/mol. The lowest BCUT2D eigenvalue weighted by molar-refractivity contribution is -0.130. The Balaban J connectivity index is 2.50. The number of rotatable bonds is 9. The number of aromatic nitrogens is 4. The molecule has 1 N–H and O–H groups in total. The number of hydrogen-bond acceptors (Lipinski definition) is 5. The molecule has 0 aliphatic carbocycles. The molecule has 2 aromatic heterocycles. The topological polar surface area (TPSA) is 117 Å². The van der Waals surface area contributed by atoms with Crippen LogP contribution in [0.2, 0.25) is 0 Å². The molecule has 1 amide bonds. The van der Waals surface area contributed by atoms with Gasteiger partial charge in [0.1, 0.15) is 11.9 Å². The van der Waals surface area contributed by atoms with Crippen molar-refractivity contribution in [2.45, 2.75) is 72.5 Å². The first-order chi connectivity index (χ1) is 13.7. The number of aryl methyl sites for hydroxylation is 2. The number of nitrogens with zero attached hydrogens (tertiary/aromatic N) is 5. The van der Waals surface area contributed by atoms with E-state index in [0.29, 0.717) is 36.5 Å². The highest BCUT2D eigenvalue weighted by molar-refractivity contribution is 5.77. The van der Waals surface area contributed by atoms with Gasteiger partial charge in [0.15, 0.2) is 11.2 Å². The molecule has 0 saturated carbocycles. The Morgan fingerprint density at radius 3 is 2.55 bits per heavy atom. The molecule has 2 aromatic rings. The van der Waals surface area contributed by atoms with E-state index in [1.165, 1.54) is 9.47 Å². The molecule has 0 bridgehead atoms. The van der Waals surface area contributed by atoms with Crippen LogP contribution < -0.4 is 11.2 Å². The highest BCUT2D eigenvalue weighted by Gasteiger charge is 2.21. The van der Waals surface area contributed by atoms with Crippen molar-refractivity contribution in [1.82, 2.24) is 24.0 Å². The Hall–Kier alpha value is -2.89. The monoisotopic (exact) mass is 402 g/mol.